The first-order chi connectivity index (χ1) is 8.16. The standard InChI is InChI=1S/C13H17ClFNO/c14-11-5-4-9(12(15)6-11)7-16-8-10-2-1-3-13(10)17/h4-6,10,13,16-17H,1-3,7-8H2. The minimum absolute atomic E-state index is 0.197. The van der Waals surface area contributed by atoms with E-state index in [0.717, 1.165) is 25.8 Å². The average molecular weight is 258 g/mol. The maximum atomic E-state index is 13.5. The molecule has 1 fully saturated rings. The first-order valence-electron chi connectivity index (χ1n) is 5.99. The molecule has 2 rings (SSSR count). The lowest BCUT2D eigenvalue weighted by Gasteiger charge is -2.15. The van der Waals surface area contributed by atoms with Crippen LogP contribution in [0.15, 0.2) is 18.2 Å². The third-order valence-electron chi connectivity index (χ3n) is 3.36. The highest BCUT2D eigenvalue weighted by Gasteiger charge is 2.24. The van der Waals surface area contributed by atoms with Crippen molar-refractivity contribution in [3.05, 3.63) is 34.6 Å². The fraction of sp³-hybridized carbons (Fsp3) is 0.538. The molecule has 2 unspecified atom stereocenters. The van der Waals surface area contributed by atoms with Crippen molar-refractivity contribution in [3.8, 4) is 0 Å². The van der Waals surface area contributed by atoms with Crippen LogP contribution in [0.2, 0.25) is 5.02 Å². The Hall–Kier alpha value is -0.640. The molecule has 0 aliphatic heterocycles. The Morgan fingerprint density at radius 1 is 1.41 bits per heavy atom. The van der Waals surface area contributed by atoms with Gasteiger partial charge in [-0.2, -0.15) is 0 Å². The highest BCUT2D eigenvalue weighted by Crippen LogP contribution is 2.24. The van der Waals surface area contributed by atoms with E-state index in [1.54, 1.807) is 12.1 Å². The summed E-state index contributed by atoms with van der Waals surface area (Å²) in [6.07, 6.45) is 2.83. The molecule has 2 N–H and O–H groups in total. The summed E-state index contributed by atoms with van der Waals surface area (Å²) in [7, 11) is 0. The van der Waals surface area contributed by atoms with Gasteiger partial charge in [-0.1, -0.05) is 24.1 Å². The maximum Gasteiger partial charge on any atom is 0.129 e. The number of halogens is 2. The van der Waals surface area contributed by atoms with Gasteiger partial charge in [0, 0.05) is 23.7 Å². The Morgan fingerprint density at radius 2 is 2.24 bits per heavy atom. The van der Waals surface area contributed by atoms with E-state index in [-0.39, 0.29) is 11.9 Å². The van der Waals surface area contributed by atoms with Gasteiger partial charge < -0.3 is 10.4 Å². The second-order valence-corrected chi connectivity index (χ2v) is 5.06. The van der Waals surface area contributed by atoms with Crippen molar-refractivity contribution >= 4 is 11.6 Å². The summed E-state index contributed by atoms with van der Waals surface area (Å²) >= 11 is 5.68. The van der Waals surface area contributed by atoms with Crippen LogP contribution in [0.1, 0.15) is 24.8 Å². The molecule has 1 aromatic carbocycles. The van der Waals surface area contributed by atoms with Gasteiger partial charge >= 0.3 is 0 Å². The summed E-state index contributed by atoms with van der Waals surface area (Å²) < 4.78 is 13.5. The van der Waals surface area contributed by atoms with Crippen LogP contribution in [0.3, 0.4) is 0 Å². The molecule has 0 aromatic heterocycles. The van der Waals surface area contributed by atoms with Gasteiger partial charge in [0.05, 0.1) is 6.10 Å². The molecule has 2 nitrogen and oxygen atoms in total. The number of benzene rings is 1. The summed E-state index contributed by atoms with van der Waals surface area (Å²) in [5, 5.41) is 13.3. The SMILES string of the molecule is OC1CCCC1CNCc1ccc(Cl)cc1F. The molecule has 94 valence electrons. The van der Waals surface area contributed by atoms with Crippen molar-refractivity contribution in [1.82, 2.24) is 5.32 Å². The lowest BCUT2D eigenvalue weighted by molar-refractivity contribution is 0.131. The predicted molar refractivity (Wildman–Crippen MR) is 66.5 cm³/mol. The number of nitrogens with one attached hydrogen (secondary N) is 1. The van der Waals surface area contributed by atoms with Gasteiger partial charge in [-0.05, 0) is 30.9 Å². The van der Waals surface area contributed by atoms with Crippen LogP contribution in [-0.4, -0.2) is 17.8 Å². The van der Waals surface area contributed by atoms with Crippen LogP contribution in [0.5, 0.6) is 0 Å². The van der Waals surface area contributed by atoms with Crippen molar-refractivity contribution < 1.29 is 9.50 Å². The average Bonchev–Trinajstić information content (AvgIpc) is 2.68. The summed E-state index contributed by atoms with van der Waals surface area (Å²) in [5.41, 5.74) is 0.613. The number of aliphatic hydroxyl groups is 1. The van der Waals surface area contributed by atoms with E-state index >= 15 is 0 Å². The fourth-order valence-electron chi connectivity index (χ4n) is 2.31. The van der Waals surface area contributed by atoms with Gasteiger partial charge in [0.25, 0.3) is 0 Å². The first-order valence-corrected chi connectivity index (χ1v) is 6.37. The molecule has 0 bridgehead atoms. The van der Waals surface area contributed by atoms with Crippen molar-refractivity contribution in [3.63, 3.8) is 0 Å². The van der Waals surface area contributed by atoms with E-state index in [0.29, 0.717) is 23.0 Å². The van der Waals surface area contributed by atoms with Gasteiger partial charge in [-0.15, -0.1) is 0 Å². The van der Waals surface area contributed by atoms with E-state index in [4.69, 9.17) is 11.6 Å². The molecule has 1 aliphatic rings. The van der Waals surface area contributed by atoms with Crippen LogP contribution < -0.4 is 5.32 Å². The minimum atomic E-state index is -0.281. The van der Waals surface area contributed by atoms with E-state index < -0.39 is 0 Å². The quantitative estimate of drug-likeness (QED) is 0.869. The van der Waals surface area contributed by atoms with Crippen LogP contribution in [0.4, 0.5) is 4.39 Å². The van der Waals surface area contributed by atoms with Gasteiger partial charge in [0.2, 0.25) is 0 Å². The van der Waals surface area contributed by atoms with Crippen LogP contribution in [0.25, 0.3) is 0 Å². The fourth-order valence-corrected chi connectivity index (χ4v) is 2.47. The molecule has 0 amide bonds. The van der Waals surface area contributed by atoms with Gasteiger partial charge in [-0.25, -0.2) is 4.39 Å². The van der Waals surface area contributed by atoms with Crippen molar-refractivity contribution in [2.24, 2.45) is 5.92 Å². The second kappa shape index (κ2) is 5.80. The zero-order valence-corrected chi connectivity index (χ0v) is 10.4. The van der Waals surface area contributed by atoms with Crippen LogP contribution in [0, 0.1) is 11.7 Å². The molecular formula is C13H17ClFNO. The molecule has 0 spiro atoms. The summed E-state index contributed by atoms with van der Waals surface area (Å²) in [4.78, 5) is 0. The van der Waals surface area contributed by atoms with E-state index in [1.807, 2.05) is 0 Å². The lowest BCUT2D eigenvalue weighted by atomic mass is 10.1. The summed E-state index contributed by atoms with van der Waals surface area (Å²) in [6, 6.07) is 4.70. The number of hydrogen-bond acceptors (Lipinski definition) is 2. The molecule has 0 saturated heterocycles. The third-order valence-corrected chi connectivity index (χ3v) is 3.59. The van der Waals surface area contributed by atoms with Crippen LogP contribution in [-0.2, 0) is 6.54 Å². The Labute approximate surface area is 106 Å². The highest BCUT2D eigenvalue weighted by molar-refractivity contribution is 6.30. The molecular weight excluding hydrogens is 241 g/mol. The van der Waals surface area contributed by atoms with E-state index in [1.165, 1.54) is 6.07 Å². The van der Waals surface area contributed by atoms with E-state index in [9.17, 15) is 9.50 Å². The maximum absolute atomic E-state index is 13.5. The third kappa shape index (κ3) is 3.41. The van der Waals surface area contributed by atoms with Crippen molar-refractivity contribution in [2.45, 2.75) is 31.9 Å². The normalized spacial score (nSPS) is 24.2. The van der Waals surface area contributed by atoms with E-state index in [2.05, 4.69) is 5.32 Å². The Balaban J connectivity index is 1.81. The molecule has 4 heteroatoms. The number of hydrogen-bond donors (Lipinski definition) is 2. The van der Waals surface area contributed by atoms with Crippen molar-refractivity contribution in [2.75, 3.05) is 6.54 Å². The highest BCUT2D eigenvalue weighted by atomic mass is 35.5. The van der Waals surface area contributed by atoms with Gasteiger partial charge in [0.1, 0.15) is 5.82 Å². The summed E-state index contributed by atoms with van der Waals surface area (Å²) in [5.74, 6) is 0.0299. The Kier molecular flexibility index (Phi) is 4.37. The molecule has 1 saturated carbocycles. The minimum Gasteiger partial charge on any atom is -0.393 e. The van der Waals surface area contributed by atoms with Crippen LogP contribution >= 0.6 is 11.6 Å². The zero-order valence-electron chi connectivity index (χ0n) is 9.63. The molecule has 17 heavy (non-hydrogen) atoms. The molecule has 0 radical (unpaired) electrons. The largest absolute Gasteiger partial charge is 0.393 e. The molecule has 1 aromatic rings. The smallest absolute Gasteiger partial charge is 0.129 e. The summed E-state index contributed by atoms with van der Waals surface area (Å²) in [6.45, 7) is 1.22. The predicted octanol–water partition coefficient (Wildman–Crippen LogP) is 2.73. The Bertz CT molecular complexity index is 386. The van der Waals surface area contributed by atoms with Gasteiger partial charge in [-0.3, -0.25) is 0 Å². The molecule has 2 atom stereocenters. The molecule has 1 aliphatic carbocycles. The Morgan fingerprint density at radius 3 is 2.88 bits per heavy atom. The number of rotatable bonds is 4. The molecule has 0 heterocycles. The van der Waals surface area contributed by atoms with Crippen molar-refractivity contribution in [1.29, 1.82) is 0 Å². The topological polar surface area (TPSA) is 32.3 Å². The zero-order chi connectivity index (χ0) is 12.3. The second-order valence-electron chi connectivity index (χ2n) is 4.62. The first kappa shape index (κ1) is 12.8. The monoisotopic (exact) mass is 257 g/mol. The lowest BCUT2D eigenvalue weighted by Crippen LogP contribution is -2.27. The van der Waals surface area contributed by atoms with Gasteiger partial charge in [0.15, 0.2) is 0 Å². The number of aliphatic hydroxyl groups excluding tert-OH is 1.